The summed E-state index contributed by atoms with van der Waals surface area (Å²) in [6, 6.07) is 0. The molecule has 0 aromatic heterocycles. The molecule has 0 heterocycles. The molecule has 0 aromatic rings. The Morgan fingerprint density at radius 1 is 1.06 bits per heavy atom. The lowest BCUT2D eigenvalue weighted by Crippen LogP contribution is -2.51. The fourth-order valence-corrected chi connectivity index (χ4v) is 9.04. The SMILES string of the molecule is CCOC(=O)OC1CC[C@@]2(C)C(=CCC3C2CC[C@@]2(C)C3CC[C@@H]2[C@H](C)CCCC(C)C)C1. The number of carbonyl (C=O) groups excluding carboxylic acids is 1. The van der Waals surface area contributed by atoms with Crippen LogP contribution in [0.5, 0.6) is 0 Å². The number of hydrogen-bond donors (Lipinski definition) is 0. The van der Waals surface area contributed by atoms with Gasteiger partial charge in [-0.25, -0.2) is 4.79 Å². The Balaban J connectivity index is 1.43. The Hall–Kier alpha value is -0.990. The van der Waals surface area contributed by atoms with E-state index in [1.807, 2.05) is 6.92 Å². The molecule has 0 spiro atoms. The Kier molecular flexibility index (Phi) is 7.56. The van der Waals surface area contributed by atoms with Crippen molar-refractivity contribution in [3.63, 3.8) is 0 Å². The highest BCUT2D eigenvalue weighted by atomic mass is 16.7. The molecule has 4 aliphatic carbocycles. The van der Waals surface area contributed by atoms with E-state index in [0.29, 0.717) is 17.4 Å². The summed E-state index contributed by atoms with van der Waals surface area (Å²) in [5.41, 5.74) is 2.42. The quantitative estimate of drug-likeness (QED) is 0.283. The van der Waals surface area contributed by atoms with E-state index >= 15 is 0 Å². The number of rotatable bonds is 7. The first kappa shape index (κ1) is 25.1. The van der Waals surface area contributed by atoms with Crippen LogP contribution in [0.4, 0.5) is 4.79 Å². The van der Waals surface area contributed by atoms with Crippen molar-refractivity contribution in [2.75, 3.05) is 6.61 Å². The second kappa shape index (κ2) is 9.94. The van der Waals surface area contributed by atoms with Crippen LogP contribution in [-0.2, 0) is 9.47 Å². The van der Waals surface area contributed by atoms with Gasteiger partial charge in [0.1, 0.15) is 6.10 Å². The molecule has 3 saturated carbocycles. The van der Waals surface area contributed by atoms with Crippen LogP contribution < -0.4 is 0 Å². The minimum Gasteiger partial charge on any atom is -0.435 e. The van der Waals surface area contributed by atoms with Crippen LogP contribution in [0, 0.1) is 46.3 Å². The monoisotopic (exact) mass is 458 g/mol. The lowest BCUT2D eigenvalue weighted by atomic mass is 9.47. The molecule has 188 valence electrons. The Morgan fingerprint density at radius 2 is 1.85 bits per heavy atom. The van der Waals surface area contributed by atoms with Gasteiger partial charge in [-0.3, -0.25) is 0 Å². The zero-order chi connectivity index (χ0) is 23.8. The third kappa shape index (κ3) is 4.76. The number of fused-ring (bicyclic) bond motifs is 5. The van der Waals surface area contributed by atoms with E-state index in [4.69, 9.17) is 9.47 Å². The van der Waals surface area contributed by atoms with Crippen LogP contribution >= 0.6 is 0 Å². The molecular formula is C30H50O3. The van der Waals surface area contributed by atoms with Gasteiger partial charge in [-0.2, -0.15) is 0 Å². The highest BCUT2D eigenvalue weighted by Crippen LogP contribution is 2.67. The molecule has 0 aliphatic heterocycles. The molecule has 33 heavy (non-hydrogen) atoms. The van der Waals surface area contributed by atoms with Crippen molar-refractivity contribution in [1.29, 1.82) is 0 Å². The summed E-state index contributed by atoms with van der Waals surface area (Å²) in [6.45, 7) is 14.7. The number of ether oxygens (including phenoxy) is 2. The van der Waals surface area contributed by atoms with Gasteiger partial charge in [0.25, 0.3) is 0 Å². The van der Waals surface area contributed by atoms with Crippen molar-refractivity contribution >= 4 is 6.16 Å². The summed E-state index contributed by atoms with van der Waals surface area (Å²) in [4.78, 5) is 11.9. The van der Waals surface area contributed by atoms with Gasteiger partial charge in [0.05, 0.1) is 6.61 Å². The zero-order valence-electron chi connectivity index (χ0n) is 22.3. The fourth-order valence-electron chi connectivity index (χ4n) is 9.04. The van der Waals surface area contributed by atoms with Gasteiger partial charge >= 0.3 is 6.16 Å². The minimum atomic E-state index is -0.492. The van der Waals surface area contributed by atoms with Gasteiger partial charge < -0.3 is 9.47 Å². The Morgan fingerprint density at radius 3 is 2.58 bits per heavy atom. The molecule has 0 amide bonds. The van der Waals surface area contributed by atoms with Crippen molar-refractivity contribution in [1.82, 2.24) is 0 Å². The van der Waals surface area contributed by atoms with Crippen molar-refractivity contribution in [3.05, 3.63) is 11.6 Å². The normalized spacial score (nSPS) is 40.9. The molecule has 4 rings (SSSR count). The molecule has 0 aromatic carbocycles. The maximum atomic E-state index is 11.9. The summed E-state index contributed by atoms with van der Waals surface area (Å²) < 4.78 is 10.7. The van der Waals surface area contributed by atoms with E-state index in [-0.39, 0.29) is 6.10 Å². The number of carbonyl (C=O) groups is 1. The molecule has 3 heteroatoms. The second-order valence-electron chi connectivity index (χ2n) is 13.0. The van der Waals surface area contributed by atoms with Crippen LogP contribution in [0.25, 0.3) is 0 Å². The average molecular weight is 459 g/mol. The zero-order valence-corrected chi connectivity index (χ0v) is 22.3. The second-order valence-corrected chi connectivity index (χ2v) is 13.0. The first-order valence-corrected chi connectivity index (χ1v) is 14.2. The van der Waals surface area contributed by atoms with E-state index in [2.05, 4.69) is 40.7 Å². The smallest absolute Gasteiger partial charge is 0.435 e. The molecule has 0 N–H and O–H groups in total. The molecule has 4 unspecified atom stereocenters. The van der Waals surface area contributed by atoms with Crippen LogP contribution in [0.15, 0.2) is 11.6 Å². The molecule has 4 aliphatic rings. The highest BCUT2D eigenvalue weighted by molar-refractivity contribution is 5.60. The van der Waals surface area contributed by atoms with E-state index in [1.165, 1.54) is 51.4 Å². The van der Waals surface area contributed by atoms with Gasteiger partial charge in [0, 0.05) is 6.42 Å². The van der Waals surface area contributed by atoms with Gasteiger partial charge in [0.2, 0.25) is 0 Å². The van der Waals surface area contributed by atoms with Gasteiger partial charge in [-0.15, -0.1) is 0 Å². The largest absolute Gasteiger partial charge is 0.508 e. The predicted octanol–water partition coefficient (Wildman–Crippen LogP) is 8.57. The predicted molar refractivity (Wildman–Crippen MR) is 135 cm³/mol. The first-order chi connectivity index (χ1) is 15.7. The third-order valence-electron chi connectivity index (χ3n) is 10.8. The molecule has 8 atom stereocenters. The van der Waals surface area contributed by atoms with E-state index in [9.17, 15) is 4.79 Å². The van der Waals surface area contributed by atoms with Crippen molar-refractivity contribution < 1.29 is 14.3 Å². The maximum absolute atomic E-state index is 11.9. The van der Waals surface area contributed by atoms with Gasteiger partial charge in [-0.05, 0) is 98.2 Å². The van der Waals surface area contributed by atoms with Gasteiger partial charge in [0.15, 0.2) is 0 Å². The molecule has 0 saturated heterocycles. The molecule has 3 nitrogen and oxygen atoms in total. The summed E-state index contributed by atoms with van der Waals surface area (Å²) in [7, 11) is 0. The van der Waals surface area contributed by atoms with Gasteiger partial charge in [-0.1, -0.05) is 65.5 Å². The number of hydrogen-bond acceptors (Lipinski definition) is 3. The Labute approximate surface area is 203 Å². The first-order valence-electron chi connectivity index (χ1n) is 14.2. The van der Waals surface area contributed by atoms with Crippen LogP contribution in [0.3, 0.4) is 0 Å². The minimum absolute atomic E-state index is 0.00340. The lowest BCUT2D eigenvalue weighted by Gasteiger charge is -2.58. The molecule has 0 bridgehead atoms. The summed E-state index contributed by atoms with van der Waals surface area (Å²) >= 11 is 0. The summed E-state index contributed by atoms with van der Waals surface area (Å²) in [5, 5.41) is 0. The van der Waals surface area contributed by atoms with E-state index in [0.717, 1.165) is 54.8 Å². The van der Waals surface area contributed by atoms with Crippen molar-refractivity contribution in [2.45, 2.75) is 118 Å². The Bertz CT molecular complexity index is 726. The summed E-state index contributed by atoms with van der Waals surface area (Å²) in [5.74, 6) is 5.19. The topological polar surface area (TPSA) is 35.5 Å². The van der Waals surface area contributed by atoms with Crippen LogP contribution in [-0.4, -0.2) is 18.9 Å². The van der Waals surface area contributed by atoms with E-state index in [1.54, 1.807) is 5.57 Å². The lowest BCUT2D eigenvalue weighted by molar-refractivity contribution is -0.0615. The van der Waals surface area contributed by atoms with E-state index < -0.39 is 6.16 Å². The molecule has 0 radical (unpaired) electrons. The average Bonchev–Trinajstić information content (AvgIpc) is 3.11. The molecule has 3 fully saturated rings. The van der Waals surface area contributed by atoms with Crippen LogP contribution in [0.2, 0.25) is 0 Å². The fraction of sp³-hybridized carbons (Fsp3) is 0.900. The van der Waals surface area contributed by atoms with Crippen LogP contribution in [0.1, 0.15) is 112 Å². The third-order valence-corrected chi connectivity index (χ3v) is 10.8. The maximum Gasteiger partial charge on any atom is 0.508 e. The molecular weight excluding hydrogens is 408 g/mol. The van der Waals surface area contributed by atoms with Crippen molar-refractivity contribution in [3.8, 4) is 0 Å². The highest BCUT2D eigenvalue weighted by Gasteiger charge is 2.59. The number of allylic oxidation sites excluding steroid dienone is 1. The van der Waals surface area contributed by atoms with Crippen molar-refractivity contribution in [2.24, 2.45) is 46.3 Å². The standard InChI is InChI=1S/C30H50O3/c1-7-32-28(31)33-23-15-17-29(5)22(19-23)11-12-24-26-14-13-25(21(4)10-8-9-20(2)3)30(26,6)18-16-27(24)29/h11,20-21,23-27H,7-10,12-19H2,1-6H3/t21-,23?,24?,25-,26?,27?,29+,30-/m1/s1. The summed E-state index contributed by atoms with van der Waals surface area (Å²) in [6.07, 6.45) is 16.3.